The third-order valence-corrected chi connectivity index (χ3v) is 3.77. The smallest absolute Gasteiger partial charge is 0.243 e. The molecule has 110 valence electrons. The first-order chi connectivity index (χ1) is 9.43. The van der Waals surface area contributed by atoms with Crippen molar-refractivity contribution in [1.82, 2.24) is 20.0 Å². The van der Waals surface area contributed by atoms with Crippen LogP contribution in [0.3, 0.4) is 0 Å². The summed E-state index contributed by atoms with van der Waals surface area (Å²) in [5.74, 6) is -0.566. The first-order valence-corrected chi connectivity index (χ1v) is 6.77. The van der Waals surface area contributed by atoms with Crippen molar-refractivity contribution >= 4 is 11.8 Å². The van der Waals surface area contributed by atoms with Crippen molar-refractivity contribution < 1.29 is 9.59 Å². The summed E-state index contributed by atoms with van der Waals surface area (Å²) in [4.78, 5) is 25.3. The molecule has 2 heterocycles. The van der Waals surface area contributed by atoms with E-state index in [1.54, 1.807) is 17.8 Å². The third kappa shape index (κ3) is 2.73. The number of nitrogens with one attached hydrogen (secondary N) is 1. The van der Waals surface area contributed by atoms with Gasteiger partial charge in [0.05, 0.1) is 24.8 Å². The van der Waals surface area contributed by atoms with Gasteiger partial charge in [-0.1, -0.05) is 6.92 Å². The number of aromatic nitrogens is 2. The lowest BCUT2D eigenvalue weighted by molar-refractivity contribution is -0.141. The summed E-state index contributed by atoms with van der Waals surface area (Å²) in [5, 5.41) is 6.51. The Hall–Kier alpha value is -1.73. The zero-order chi connectivity index (χ0) is 14.9. The molecule has 7 heteroatoms. The van der Waals surface area contributed by atoms with Crippen molar-refractivity contribution in [2.45, 2.75) is 38.4 Å². The van der Waals surface area contributed by atoms with E-state index in [-0.39, 0.29) is 30.4 Å². The van der Waals surface area contributed by atoms with Gasteiger partial charge in [0.25, 0.3) is 0 Å². The van der Waals surface area contributed by atoms with Crippen LogP contribution in [-0.2, 0) is 16.6 Å². The Labute approximate surface area is 118 Å². The topological polar surface area (TPSA) is 93.2 Å². The molecule has 1 aliphatic heterocycles. The Morgan fingerprint density at radius 2 is 2.25 bits per heavy atom. The second kappa shape index (κ2) is 5.72. The van der Waals surface area contributed by atoms with E-state index in [2.05, 4.69) is 10.4 Å². The van der Waals surface area contributed by atoms with Gasteiger partial charge in [0.1, 0.15) is 0 Å². The lowest BCUT2D eigenvalue weighted by Crippen LogP contribution is -2.59. The van der Waals surface area contributed by atoms with Crippen LogP contribution in [0.25, 0.3) is 0 Å². The van der Waals surface area contributed by atoms with Crippen molar-refractivity contribution in [3.63, 3.8) is 0 Å². The Morgan fingerprint density at radius 3 is 2.80 bits per heavy atom. The van der Waals surface area contributed by atoms with Crippen molar-refractivity contribution in [2.24, 2.45) is 12.8 Å². The van der Waals surface area contributed by atoms with Crippen molar-refractivity contribution in [3.8, 4) is 0 Å². The predicted octanol–water partition coefficient (Wildman–Crippen LogP) is -0.455. The van der Waals surface area contributed by atoms with Gasteiger partial charge in [-0.25, -0.2) is 0 Å². The van der Waals surface area contributed by atoms with Gasteiger partial charge in [-0.2, -0.15) is 5.10 Å². The SMILES string of the molecule is CCC(N)C(c1cnn(C)c1)N1CC(=O)NC(=O)C1C. The first-order valence-electron chi connectivity index (χ1n) is 6.77. The fraction of sp³-hybridized carbons (Fsp3) is 0.615. The maximum atomic E-state index is 11.8. The predicted molar refractivity (Wildman–Crippen MR) is 73.5 cm³/mol. The van der Waals surface area contributed by atoms with Crippen LogP contribution in [0.4, 0.5) is 0 Å². The third-order valence-electron chi connectivity index (χ3n) is 3.77. The summed E-state index contributed by atoms with van der Waals surface area (Å²) in [5.41, 5.74) is 7.15. The molecule has 0 aliphatic carbocycles. The van der Waals surface area contributed by atoms with Gasteiger partial charge in [-0.15, -0.1) is 0 Å². The average Bonchev–Trinajstić information content (AvgIpc) is 2.81. The standard InChI is InChI=1S/C13H21N5O2/c1-4-10(14)12(9-5-15-17(3)6-9)18-7-11(19)16-13(20)8(18)2/h5-6,8,10,12H,4,7,14H2,1-3H3,(H,16,19,20). The second-order valence-corrected chi connectivity index (χ2v) is 5.23. The number of carbonyl (C=O) groups excluding carboxylic acids is 2. The van der Waals surface area contributed by atoms with Crippen molar-refractivity contribution in [1.29, 1.82) is 0 Å². The lowest BCUT2D eigenvalue weighted by Gasteiger charge is -2.40. The van der Waals surface area contributed by atoms with Crippen LogP contribution in [0.1, 0.15) is 31.9 Å². The molecular formula is C13H21N5O2. The van der Waals surface area contributed by atoms with Gasteiger partial charge < -0.3 is 5.73 Å². The van der Waals surface area contributed by atoms with Gasteiger partial charge in [-0.3, -0.25) is 24.5 Å². The minimum absolute atomic E-state index is 0.166. The summed E-state index contributed by atoms with van der Waals surface area (Å²) in [6.07, 6.45) is 4.37. The number of hydrogen-bond acceptors (Lipinski definition) is 5. The van der Waals surface area contributed by atoms with E-state index >= 15 is 0 Å². The maximum absolute atomic E-state index is 11.8. The van der Waals surface area contributed by atoms with Crippen molar-refractivity contribution in [3.05, 3.63) is 18.0 Å². The summed E-state index contributed by atoms with van der Waals surface area (Å²) < 4.78 is 1.70. The molecule has 1 aliphatic rings. The fourth-order valence-corrected chi connectivity index (χ4v) is 2.57. The number of piperazine rings is 1. The van der Waals surface area contributed by atoms with Crippen LogP contribution in [0.15, 0.2) is 12.4 Å². The van der Waals surface area contributed by atoms with E-state index in [1.165, 1.54) is 0 Å². The van der Waals surface area contributed by atoms with E-state index in [1.807, 2.05) is 25.1 Å². The molecule has 2 amide bonds. The number of nitrogens with two attached hydrogens (primary N) is 1. The van der Waals surface area contributed by atoms with E-state index in [0.717, 1.165) is 12.0 Å². The Balaban J connectivity index is 2.35. The molecule has 0 aromatic carbocycles. The second-order valence-electron chi connectivity index (χ2n) is 5.23. The maximum Gasteiger partial charge on any atom is 0.243 e. The normalized spacial score (nSPS) is 23.5. The molecule has 7 nitrogen and oxygen atoms in total. The zero-order valence-electron chi connectivity index (χ0n) is 12.0. The lowest BCUT2D eigenvalue weighted by atomic mass is 9.96. The first kappa shape index (κ1) is 14.7. The molecule has 0 saturated carbocycles. The molecule has 1 aromatic rings. The minimum Gasteiger partial charge on any atom is -0.326 e. The monoisotopic (exact) mass is 279 g/mol. The molecule has 3 N–H and O–H groups in total. The van der Waals surface area contributed by atoms with Gasteiger partial charge in [-0.05, 0) is 13.3 Å². The van der Waals surface area contributed by atoms with Crippen LogP contribution in [0.5, 0.6) is 0 Å². The molecule has 20 heavy (non-hydrogen) atoms. The highest BCUT2D eigenvalue weighted by molar-refractivity contribution is 6.00. The number of hydrogen-bond donors (Lipinski definition) is 2. The van der Waals surface area contributed by atoms with Gasteiger partial charge in [0.15, 0.2) is 0 Å². The number of rotatable bonds is 4. The molecule has 1 aromatic heterocycles. The molecule has 1 saturated heterocycles. The number of carbonyl (C=O) groups is 2. The number of nitrogens with zero attached hydrogens (tertiary/aromatic N) is 3. The number of imide groups is 1. The fourth-order valence-electron chi connectivity index (χ4n) is 2.57. The van der Waals surface area contributed by atoms with Gasteiger partial charge in [0, 0.05) is 24.8 Å². The summed E-state index contributed by atoms with van der Waals surface area (Å²) in [6, 6.07) is -0.755. The van der Waals surface area contributed by atoms with Crippen molar-refractivity contribution in [2.75, 3.05) is 6.54 Å². The van der Waals surface area contributed by atoms with Gasteiger partial charge >= 0.3 is 0 Å². The summed E-state index contributed by atoms with van der Waals surface area (Å²) in [6.45, 7) is 3.94. The molecule has 0 bridgehead atoms. The summed E-state index contributed by atoms with van der Waals surface area (Å²) in [7, 11) is 1.83. The van der Waals surface area contributed by atoms with Crippen LogP contribution in [-0.4, -0.2) is 45.1 Å². The number of aryl methyl sites for hydroxylation is 1. The molecular weight excluding hydrogens is 258 g/mol. The Kier molecular flexibility index (Phi) is 4.20. The van der Waals surface area contributed by atoms with Gasteiger partial charge in [0.2, 0.25) is 11.8 Å². The molecule has 1 fully saturated rings. The molecule has 0 spiro atoms. The molecule has 2 rings (SSSR count). The molecule has 3 atom stereocenters. The Bertz CT molecular complexity index is 513. The van der Waals surface area contributed by atoms with Crippen LogP contribution in [0, 0.1) is 0 Å². The largest absolute Gasteiger partial charge is 0.326 e. The van der Waals surface area contributed by atoms with E-state index < -0.39 is 6.04 Å². The van der Waals surface area contributed by atoms with Crippen LogP contribution < -0.4 is 11.1 Å². The minimum atomic E-state index is -0.393. The Morgan fingerprint density at radius 1 is 1.55 bits per heavy atom. The highest BCUT2D eigenvalue weighted by atomic mass is 16.2. The van der Waals surface area contributed by atoms with E-state index in [9.17, 15) is 9.59 Å². The quantitative estimate of drug-likeness (QED) is 0.728. The average molecular weight is 279 g/mol. The highest BCUT2D eigenvalue weighted by Crippen LogP contribution is 2.27. The zero-order valence-corrected chi connectivity index (χ0v) is 12.0. The molecule has 3 unspecified atom stereocenters. The van der Waals surface area contributed by atoms with Crippen LogP contribution >= 0.6 is 0 Å². The summed E-state index contributed by atoms with van der Waals surface area (Å²) >= 11 is 0. The van der Waals surface area contributed by atoms with Crippen LogP contribution in [0.2, 0.25) is 0 Å². The number of amides is 2. The highest BCUT2D eigenvalue weighted by Gasteiger charge is 2.38. The van der Waals surface area contributed by atoms with E-state index in [4.69, 9.17) is 5.73 Å². The molecule has 0 radical (unpaired) electrons. The van der Waals surface area contributed by atoms with E-state index in [0.29, 0.717) is 0 Å².